The predicted octanol–water partition coefficient (Wildman–Crippen LogP) is 6.38. The molecular formula is C24H16ClN3. The van der Waals surface area contributed by atoms with Crippen molar-refractivity contribution in [1.29, 1.82) is 0 Å². The van der Waals surface area contributed by atoms with Crippen LogP contribution in [0.15, 0.2) is 97.1 Å². The van der Waals surface area contributed by atoms with Crippen LogP contribution in [0.25, 0.3) is 39.4 Å². The Kier molecular flexibility index (Phi) is 4.15. The van der Waals surface area contributed by atoms with E-state index in [2.05, 4.69) is 30.3 Å². The fourth-order valence-corrected chi connectivity index (χ4v) is 3.58. The lowest BCUT2D eigenvalue weighted by molar-refractivity contribution is 0.953. The van der Waals surface area contributed by atoms with E-state index in [-0.39, 0.29) is 0 Å². The highest BCUT2D eigenvalue weighted by Crippen LogP contribution is 2.31. The van der Waals surface area contributed by atoms with Gasteiger partial charge in [0.15, 0.2) is 5.65 Å². The summed E-state index contributed by atoms with van der Waals surface area (Å²) in [5.41, 5.74) is 6.55. The third kappa shape index (κ3) is 2.96. The molecule has 0 aliphatic rings. The zero-order chi connectivity index (χ0) is 18.9. The van der Waals surface area contributed by atoms with E-state index >= 15 is 0 Å². The molecule has 0 unspecified atom stereocenters. The van der Waals surface area contributed by atoms with Crippen LogP contribution >= 0.6 is 11.6 Å². The van der Waals surface area contributed by atoms with Crippen LogP contribution in [0.1, 0.15) is 0 Å². The highest BCUT2D eigenvalue weighted by atomic mass is 35.5. The summed E-state index contributed by atoms with van der Waals surface area (Å²) in [6, 6.07) is 32.2. The molecule has 4 heteroatoms. The van der Waals surface area contributed by atoms with Gasteiger partial charge in [0.05, 0.1) is 22.1 Å². The Morgan fingerprint density at radius 1 is 0.643 bits per heavy atom. The minimum absolute atomic E-state index is 0.676. The number of rotatable bonds is 3. The number of aromatic nitrogens is 3. The summed E-state index contributed by atoms with van der Waals surface area (Å²) in [7, 11) is 0. The smallest absolute Gasteiger partial charge is 0.156 e. The predicted molar refractivity (Wildman–Crippen MR) is 114 cm³/mol. The third-order valence-electron chi connectivity index (χ3n) is 4.72. The Labute approximate surface area is 167 Å². The Bertz CT molecular complexity index is 1260. The molecule has 0 aliphatic heterocycles. The van der Waals surface area contributed by atoms with Crippen molar-refractivity contribution in [2.75, 3.05) is 0 Å². The van der Waals surface area contributed by atoms with Gasteiger partial charge in [-0.1, -0.05) is 90.5 Å². The van der Waals surface area contributed by atoms with Gasteiger partial charge in [-0.05, 0) is 12.1 Å². The Balaban J connectivity index is 1.78. The van der Waals surface area contributed by atoms with E-state index < -0.39 is 0 Å². The minimum Gasteiger partial charge on any atom is -0.228 e. The maximum Gasteiger partial charge on any atom is 0.156 e. The average Bonchev–Trinajstić information content (AvgIpc) is 3.18. The van der Waals surface area contributed by atoms with E-state index in [0.29, 0.717) is 5.02 Å². The minimum atomic E-state index is 0.676. The Hall–Kier alpha value is -3.43. The normalized spacial score (nSPS) is 11.0. The van der Waals surface area contributed by atoms with Gasteiger partial charge in [-0.2, -0.15) is 5.10 Å². The Morgan fingerprint density at radius 3 is 2.00 bits per heavy atom. The van der Waals surface area contributed by atoms with Crippen LogP contribution in [0.3, 0.4) is 0 Å². The second kappa shape index (κ2) is 6.95. The third-order valence-corrected chi connectivity index (χ3v) is 5.05. The first-order valence-electron chi connectivity index (χ1n) is 9.06. The monoisotopic (exact) mass is 381 g/mol. The van der Waals surface area contributed by atoms with Crippen molar-refractivity contribution in [2.24, 2.45) is 0 Å². The first-order valence-corrected chi connectivity index (χ1v) is 9.44. The summed E-state index contributed by atoms with van der Waals surface area (Å²) in [5.74, 6) is 0. The molecule has 0 spiro atoms. The number of halogens is 1. The zero-order valence-corrected chi connectivity index (χ0v) is 15.7. The highest BCUT2D eigenvalue weighted by molar-refractivity contribution is 6.33. The fourth-order valence-electron chi connectivity index (χ4n) is 3.35. The van der Waals surface area contributed by atoms with Gasteiger partial charge >= 0.3 is 0 Å². The van der Waals surface area contributed by atoms with Crippen molar-refractivity contribution < 1.29 is 0 Å². The van der Waals surface area contributed by atoms with Crippen LogP contribution in [0.2, 0.25) is 5.02 Å². The van der Waals surface area contributed by atoms with Crippen LogP contribution < -0.4 is 0 Å². The fraction of sp³-hybridized carbons (Fsp3) is 0. The maximum atomic E-state index is 6.40. The molecule has 28 heavy (non-hydrogen) atoms. The quantitative estimate of drug-likeness (QED) is 0.362. The summed E-state index contributed by atoms with van der Waals surface area (Å²) >= 11 is 6.40. The molecule has 0 N–H and O–H groups in total. The molecule has 0 aliphatic carbocycles. The molecule has 0 radical (unpaired) electrons. The lowest BCUT2D eigenvalue weighted by Gasteiger charge is -2.08. The van der Waals surface area contributed by atoms with Gasteiger partial charge in [0.1, 0.15) is 0 Å². The molecule has 5 aromatic rings. The number of fused-ring (bicyclic) bond motifs is 1. The second-order valence-corrected chi connectivity index (χ2v) is 6.95. The van der Waals surface area contributed by atoms with Crippen molar-refractivity contribution in [3.8, 4) is 33.8 Å². The molecule has 3 nitrogen and oxygen atoms in total. The van der Waals surface area contributed by atoms with Crippen molar-refractivity contribution in [3.05, 3.63) is 102 Å². The molecule has 0 bridgehead atoms. The summed E-state index contributed by atoms with van der Waals surface area (Å²) in [6.45, 7) is 0. The van der Waals surface area contributed by atoms with E-state index in [4.69, 9.17) is 21.7 Å². The van der Waals surface area contributed by atoms with Gasteiger partial charge in [-0.3, -0.25) is 0 Å². The zero-order valence-electron chi connectivity index (χ0n) is 15.0. The van der Waals surface area contributed by atoms with Crippen LogP contribution in [0.5, 0.6) is 0 Å². The van der Waals surface area contributed by atoms with Crippen molar-refractivity contribution in [2.45, 2.75) is 0 Å². The summed E-state index contributed by atoms with van der Waals surface area (Å²) in [4.78, 5) is 4.86. The van der Waals surface area contributed by atoms with Gasteiger partial charge in [0.25, 0.3) is 0 Å². The molecule has 2 heterocycles. The lowest BCUT2D eigenvalue weighted by atomic mass is 10.1. The number of hydrogen-bond acceptors (Lipinski definition) is 2. The standard InChI is InChI=1S/C24H16ClN3/c25-20-14-8-7-13-19(20)22-16-24-26-21(17-9-3-1-4-10-17)15-23(28(24)27-22)18-11-5-2-6-12-18/h1-16H. The average molecular weight is 382 g/mol. The highest BCUT2D eigenvalue weighted by Gasteiger charge is 2.14. The van der Waals surface area contributed by atoms with E-state index in [1.807, 2.05) is 71.2 Å². The van der Waals surface area contributed by atoms with Gasteiger partial charge in [-0.15, -0.1) is 0 Å². The van der Waals surface area contributed by atoms with Gasteiger partial charge in [-0.25, -0.2) is 9.50 Å². The van der Waals surface area contributed by atoms with Crippen LogP contribution in [0.4, 0.5) is 0 Å². The topological polar surface area (TPSA) is 30.2 Å². The largest absolute Gasteiger partial charge is 0.228 e. The summed E-state index contributed by atoms with van der Waals surface area (Å²) < 4.78 is 1.89. The van der Waals surface area contributed by atoms with Gasteiger partial charge in [0.2, 0.25) is 0 Å². The Morgan fingerprint density at radius 2 is 1.29 bits per heavy atom. The number of benzene rings is 3. The first-order chi connectivity index (χ1) is 13.8. The molecule has 134 valence electrons. The second-order valence-electron chi connectivity index (χ2n) is 6.54. The summed E-state index contributed by atoms with van der Waals surface area (Å²) in [6.07, 6.45) is 0. The molecule has 0 fully saturated rings. The molecule has 0 amide bonds. The number of nitrogens with zero attached hydrogens (tertiary/aromatic N) is 3. The van der Waals surface area contributed by atoms with Crippen LogP contribution in [-0.2, 0) is 0 Å². The number of hydrogen-bond donors (Lipinski definition) is 0. The van der Waals surface area contributed by atoms with E-state index in [1.54, 1.807) is 0 Å². The van der Waals surface area contributed by atoms with Crippen LogP contribution in [-0.4, -0.2) is 14.6 Å². The lowest BCUT2D eigenvalue weighted by Crippen LogP contribution is -1.98. The van der Waals surface area contributed by atoms with Crippen molar-refractivity contribution in [3.63, 3.8) is 0 Å². The molecule has 0 saturated heterocycles. The molecule has 2 aromatic heterocycles. The SMILES string of the molecule is Clc1ccccc1-c1cc2nc(-c3ccccc3)cc(-c3ccccc3)n2n1. The molecular weight excluding hydrogens is 366 g/mol. The molecule has 0 saturated carbocycles. The van der Waals surface area contributed by atoms with E-state index in [9.17, 15) is 0 Å². The first kappa shape index (κ1) is 16.7. The van der Waals surface area contributed by atoms with E-state index in [1.165, 1.54) is 0 Å². The summed E-state index contributed by atoms with van der Waals surface area (Å²) in [5, 5.41) is 5.50. The van der Waals surface area contributed by atoms with E-state index in [0.717, 1.165) is 39.4 Å². The van der Waals surface area contributed by atoms with Crippen LogP contribution in [0, 0.1) is 0 Å². The molecule has 3 aromatic carbocycles. The maximum absolute atomic E-state index is 6.40. The van der Waals surface area contributed by atoms with Crippen molar-refractivity contribution in [1.82, 2.24) is 14.6 Å². The van der Waals surface area contributed by atoms with Gasteiger partial charge in [0, 0.05) is 22.8 Å². The van der Waals surface area contributed by atoms with Crippen molar-refractivity contribution >= 4 is 17.2 Å². The van der Waals surface area contributed by atoms with Gasteiger partial charge < -0.3 is 0 Å². The molecule has 5 rings (SSSR count). The molecule has 0 atom stereocenters.